The van der Waals surface area contributed by atoms with Gasteiger partial charge < -0.3 is 9.47 Å². The standard InChI is InChI=1S/C20H20F2O2/c21-18-3-1-2-17(19(18)22)16-6-4-14(5-7-16)15-8-10-20(11-9-15)23-12-13-24-20/h1-7,15H,8-13H2. The van der Waals surface area contributed by atoms with Gasteiger partial charge in [0.05, 0.1) is 13.2 Å². The first-order chi connectivity index (χ1) is 11.7. The predicted molar refractivity (Wildman–Crippen MR) is 87.6 cm³/mol. The fourth-order valence-corrected chi connectivity index (χ4v) is 3.84. The molecule has 1 spiro atoms. The van der Waals surface area contributed by atoms with Crippen LogP contribution in [0.2, 0.25) is 0 Å². The number of hydrogen-bond donors (Lipinski definition) is 0. The van der Waals surface area contributed by atoms with Crippen molar-refractivity contribution in [1.82, 2.24) is 0 Å². The molecule has 2 aliphatic rings. The van der Waals surface area contributed by atoms with Gasteiger partial charge in [-0.25, -0.2) is 8.78 Å². The van der Waals surface area contributed by atoms with Crippen molar-refractivity contribution >= 4 is 0 Å². The van der Waals surface area contributed by atoms with E-state index in [9.17, 15) is 8.78 Å². The van der Waals surface area contributed by atoms with Gasteiger partial charge in [-0.05, 0) is 36.0 Å². The Morgan fingerprint density at radius 3 is 2.21 bits per heavy atom. The second-order valence-electron chi connectivity index (χ2n) is 6.61. The highest BCUT2D eigenvalue weighted by Gasteiger charge is 2.40. The van der Waals surface area contributed by atoms with E-state index in [4.69, 9.17) is 9.47 Å². The first-order valence-corrected chi connectivity index (χ1v) is 8.49. The Hall–Kier alpha value is -1.78. The van der Waals surface area contributed by atoms with Crippen LogP contribution in [0.4, 0.5) is 8.78 Å². The van der Waals surface area contributed by atoms with Crippen LogP contribution in [0.1, 0.15) is 37.2 Å². The molecule has 0 amide bonds. The summed E-state index contributed by atoms with van der Waals surface area (Å²) in [6.07, 6.45) is 3.87. The molecule has 0 radical (unpaired) electrons. The number of benzene rings is 2. The fourth-order valence-electron chi connectivity index (χ4n) is 3.84. The minimum atomic E-state index is -0.814. The minimum absolute atomic E-state index is 0.303. The molecule has 0 aromatic heterocycles. The Balaban J connectivity index is 1.49. The summed E-state index contributed by atoms with van der Waals surface area (Å²) in [7, 11) is 0. The Bertz CT molecular complexity index is 711. The molecule has 0 unspecified atom stereocenters. The molecule has 1 saturated heterocycles. The van der Waals surface area contributed by atoms with Gasteiger partial charge in [0.2, 0.25) is 0 Å². The molecule has 4 rings (SSSR count). The molecule has 1 aliphatic carbocycles. The Kier molecular flexibility index (Phi) is 4.10. The summed E-state index contributed by atoms with van der Waals surface area (Å²) < 4.78 is 38.8. The highest BCUT2D eigenvalue weighted by Crippen LogP contribution is 2.42. The number of ether oxygens (including phenoxy) is 2. The molecule has 0 bridgehead atoms. The fraction of sp³-hybridized carbons (Fsp3) is 0.400. The average Bonchev–Trinajstić information content (AvgIpc) is 3.06. The second-order valence-corrected chi connectivity index (χ2v) is 6.61. The summed E-state index contributed by atoms with van der Waals surface area (Å²) in [4.78, 5) is 0. The van der Waals surface area contributed by atoms with E-state index in [0.29, 0.717) is 30.3 Å². The van der Waals surface area contributed by atoms with Crippen molar-refractivity contribution in [2.45, 2.75) is 37.4 Å². The van der Waals surface area contributed by atoms with Crippen LogP contribution in [0.3, 0.4) is 0 Å². The maximum atomic E-state index is 13.9. The first-order valence-electron chi connectivity index (χ1n) is 8.49. The van der Waals surface area contributed by atoms with Crippen molar-refractivity contribution in [3.05, 3.63) is 59.7 Å². The van der Waals surface area contributed by atoms with Crippen molar-refractivity contribution in [2.75, 3.05) is 13.2 Å². The van der Waals surface area contributed by atoms with E-state index in [1.807, 2.05) is 24.3 Å². The normalized spacial score (nSPS) is 20.6. The van der Waals surface area contributed by atoms with Crippen molar-refractivity contribution in [1.29, 1.82) is 0 Å². The van der Waals surface area contributed by atoms with Crippen LogP contribution in [0, 0.1) is 11.6 Å². The lowest BCUT2D eigenvalue weighted by Gasteiger charge is -2.35. The quantitative estimate of drug-likeness (QED) is 0.769. The highest BCUT2D eigenvalue weighted by molar-refractivity contribution is 5.64. The summed E-state index contributed by atoms with van der Waals surface area (Å²) in [6, 6.07) is 12.1. The molecule has 2 aromatic carbocycles. The topological polar surface area (TPSA) is 18.5 Å². The van der Waals surface area contributed by atoms with E-state index in [-0.39, 0.29) is 5.79 Å². The summed E-state index contributed by atoms with van der Waals surface area (Å²) in [5.74, 6) is -1.48. The first kappa shape index (κ1) is 15.7. The molecule has 1 aliphatic heterocycles. The van der Waals surface area contributed by atoms with E-state index in [1.54, 1.807) is 6.07 Å². The van der Waals surface area contributed by atoms with Crippen LogP contribution in [0.25, 0.3) is 11.1 Å². The minimum Gasteiger partial charge on any atom is -0.348 e. The molecular formula is C20H20F2O2. The summed E-state index contributed by atoms with van der Waals surface area (Å²) in [6.45, 7) is 1.39. The van der Waals surface area contributed by atoms with Gasteiger partial charge in [0.1, 0.15) is 0 Å². The lowest BCUT2D eigenvalue weighted by molar-refractivity contribution is -0.178. The Morgan fingerprint density at radius 2 is 1.54 bits per heavy atom. The van der Waals surface area contributed by atoms with Crippen molar-refractivity contribution < 1.29 is 18.3 Å². The lowest BCUT2D eigenvalue weighted by atomic mass is 9.80. The maximum absolute atomic E-state index is 13.9. The van der Waals surface area contributed by atoms with Gasteiger partial charge in [-0.1, -0.05) is 36.4 Å². The molecule has 2 nitrogen and oxygen atoms in total. The van der Waals surface area contributed by atoms with Crippen LogP contribution in [0.5, 0.6) is 0 Å². The van der Waals surface area contributed by atoms with Crippen molar-refractivity contribution in [2.24, 2.45) is 0 Å². The van der Waals surface area contributed by atoms with Gasteiger partial charge >= 0.3 is 0 Å². The second kappa shape index (κ2) is 6.26. The van der Waals surface area contributed by atoms with Crippen LogP contribution in [0.15, 0.2) is 42.5 Å². The third kappa shape index (κ3) is 2.85. The molecule has 0 N–H and O–H groups in total. The predicted octanol–water partition coefficient (Wildman–Crippen LogP) is 5.03. The van der Waals surface area contributed by atoms with E-state index in [2.05, 4.69) is 0 Å². The molecule has 2 fully saturated rings. The third-order valence-corrected chi connectivity index (χ3v) is 5.21. The van der Waals surface area contributed by atoms with Gasteiger partial charge in [-0.2, -0.15) is 0 Å². The summed E-state index contributed by atoms with van der Waals surface area (Å²) >= 11 is 0. The highest BCUT2D eigenvalue weighted by atomic mass is 19.2. The van der Waals surface area contributed by atoms with Crippen LogP contribution < -0.4 is 0 Å². The zero-order valence-electron chi connectivity index (χ0n) is 13.4. The van der Waals surface area contributed by atoms with E-state index in [1.165, 1.54) is 11.6 Å². The lowest BCUT2D eigenvalue weighted by Crippen LogP contribution is -2.34. The average molecular weight is 330 g/mol. The van der Waals surface area contributed by atoms with E-state index < -0.39 is 11.6 Å². The van der Waals surface area contributed by atoms with Crippen LogP contribution in [-0.4, -0.2) is 19.0 Å². The Morgan fingerprint density at radius 1 is 0.875 bits per heavy atom. The van der Waals surface area contributed by atoms with E-state index >= 15 is 0 Å². The molecule has 126 valence electrons. The number of hydrogen-bond acceptors (Lipinski definition) is 2. The maximum Gasteiger partial charge on any atom is 0.168 e. The zero-order valence-corrected chi connectivity index (χ0v) is 13.4. The monoisotopic (exact) mass is 330 g/mol. The molecule has 1 saturated carbocycles. The van der Waals surface area contributed by atoms with Crippen LogP contribution >= 0.6 is 0 Å². The van der Waals surface area contributed by atoms with Gasteiger partial charge in [0.15, 0.2) is 17.4 Å². The van der Waals surface area contributed by atoms with Gasteiger partial charge in [-0.15, -0.1) is 0 Å². The van der Waals surface area contributed by atoms with E-state index in [0.717, 1.165) is 31.7 Å². The van der Waals surface area contributed by atoms with Crippen molar-refractivity contribution in [3.63, 3.8) is 0 Å². The van der Waals surface area contributed by atoms with Gasteiger partial charge in [0, 0.05) is 18.4 Å². The Labute approximate surface area is 140 Å². The SMILES string of the molecule is Fc1cccc(-c2ccc(C3CCC4(CC3)OCCO4)cc2)c1F. The number of halogens is 2. The molecule has 24 heavy (non-hydrogen) atoms. The summed E-state index contributed by atoms with van der Waals surface area (Å²) in [5.41, 5.74) is 2.24. The third-order valence-electron chi connectivity index (χ3n) is 5.21. The molecule has 4 heteroatoms. The van der Waals surface area contributed by atoms with Crippen LogP contribution in [-0.2, 0) is 9.47 Å². The van der Waals surface area contributed by atoms with Crippen molar-refractivity contribution in [3.8, 4) is 11.1 Å². The zero-order chi connectivity index (χ0) is 16.6. The smallest absolute Gasteiger partial charge is 0.168 e. The molecular weight excluding hydrogens is 310 g/mol. The largest absolute Gasteiger partial charge is 0.348 e. The number of rotatable bonds is 2. The molecule has 2 aromatic rings. The molecule has 1 heterocycles. The summed E-state index contributed by atoms with van der Waals surface area (Å²) in [5, 5.41) is 0. The van der Waals surface area contributed by atoms with Gasteiger partial charge in [-0.3, -0.25) is 0 Å². The molecule has 0 atom stereocenters. The van der Waals surface area contributed by atoms with Gasteiger partial charge in [0.25, 0.3) is 0 Å².